The third-order valence-electron chi connectivity index (χ3n) is 4.62. The van der Waals surface area contributed by atoms with Crippen LogP contribution in [0.5, 0.6) is 0 Å². The van der Waals surface area contributed by atoms with Crippen LogP contribution in [0, 0.1) is 20.8 Å². The highest BCUT2D eigenvalue weighted by atomic mass is 79.9. The van der Waals surface area contributed by atoms with Crippen molar-refractivity contribution in [1.29, 1.82) is 0 Å². The summed E-state index contributed by atoms with van der Waals surface area (Å²) in [6, 6.07) is 6.37. The second-order valence-electron chi connectivity index (χ2n) is 6.27. The SMILES string of the molecule is Cc1cc(Br)ccc1N1C(=O)NC(=O)C(=Cc2cc(C)n(C)c2C)C1=O. The molecular formula is C19H18BrN3O3. The number of urea groups is 1. The summed E-state index contributed by atoms with van der Waals surface area (Å²) in [6.07, 6.45) is 1.54. The average Bonchev–Trinajstić information content (AvgIpc) is 2.80. The lowest BCUT2D eigenvalue weighted by Gasteiger charge is -2.27. The Balaban J connectivity index is 2.08. The fraction of sp³-hybridized carbons (Fsp3) is 0.211. The van der Waals surface area contributed by atoms with E-state index in [0.717, 1.165) is 31.9 Å². The molecule has 0 atom stereocenters. The van der Waals surface area contributed by atoms with E-state index in [9.17, 15) is 14.4 Å². The molecule has 7 heteroatoms. The van der Waals surface area contributed by atoms with Gasteiger partial charge in [-0.15, -0.1) is 0 Å². The molecule has 1 aliphatic rings. The zero-order valence-electron chi connectivity index (χ0n) is 14.9. The average molecular weight is 416 g/mol. The van der Waals surface area contributed by atoms with Crippen LogP contribution >= 0.6 is 15.9 Å². The monoisotopic (exact) mass is 415 g/mol. The van der Waals surface area contributed by atoms with Crippen molar-refractivity contribution in [1.82, 2.24) is 9.88 Å². The van der Waals surface area contributed by atoms with Gasteiger partial charge in [-0.05, 0) is 62.2 Å². The van der Waals surface area contributed by atoms with Gasteiger partial charge >= 0.3 is 6.03 Å². The molecule has 134 valence electrons. The lowest BCUT2D eigenvalue weighted by atomic mass is 10.1. The van der Waals surface area contributed by atoms with Gasteiger partial charge in [0.25, 0.3) is 11.8 Å². The van der Waals surface area contributed by atoms with E-state index in [2.05, 4.69) is 21.2 Å². The van der Waals surface area contributed by atoms with Crippen LogP contribution in [0.2, 0.25) is 0 Å². The van der Waals surface area contributed by atoms with Crippen molar-refractivity contribution in [2.75, 3.05) is 4.90 Å². The van der Waals surface area contributed by atoms with Crippen LogP contribution in [-0.4, -0.2) is 22.4 Å². The van der Waals surface area contributed by atoms with Crippen LogP contribution in [0.1, 0.15) is 22.5 Å². The summed E-state index contributed by atoms with van der Waals surface area (Å²) >= 11 is 3.36. The van der Waals surface area contributed by atoms with Crippen molar-refractivity contribution in [2.45, 2.75) is 20.8 Å². The van der Waals surface area contributed by atoms with Crippen LogP contribution in [0.15, 0.2) is 34.3 Å². The second kappa shape index (κ2) is 6.57. The predicted octanol–water partition coefficient (Wildman–Crippen LogP) is 3.38. The van der Waals surface area contributed by atoms with Gasteiger partial charge in [0, 0.05) is 22.9 Å². The van der Waals surface area contributed by atoms with Crippen molar-refractivity contribution < 1.29 is 14.4 Å². The maximum absolute atomic E-state index is 12.9. The Morgan fingerprint density at radius 3 is 2.35 bits per heavy atom. The number of benzene rings is 1. The van der Waals surface area contributed by atoms with Crippen LogP contribution in [0.25, 0.3) is 6.08 Å². The largest absolute Gasteiger partial charge is 0.352 e. The van der Waals surface area contributed by atoms with Gasteiger partial charge in [0.2, 0.25) is 0 Å². The zero-order chi connectivity index (χ0) is 19.2. The molecule has 1 aliphatic heterocycles. The van der Waals surface area contributed by atoms with Crippen molar-refractivity contribution in [3.05, 3.63) is 56.8 Å². The van der Waals surface area contributed by atoms with Crippen molar-refractivity contribution >= 4 is 45.5 Å². The second-order valence-corrected chi connectivity index (χ2v) is 7.19. The molecule has 26 heavy (non-hydrogen) atoms. The maximum atomic E-state index is 12.9. The summed E-state index contributed by atoms with van der Waals surface area (Å²) < 4.78 is 2.81. The van der Waals surface area contributed by atoms with Crippen LogP contribution < -0.4 is 10.2 Å². The number of amides is 4. The van der Waals surface area contributed by atoms with Gasteiger partial charge in [0.1, 0.15) is 5.57 Å². The molecule has 0 bridgehead atoms. The van der Waals surface area contributed by atoms with E-state index >= 15 is 0 Å². The normalized spacial score (nSPS) is 16.4. The van der Waals surface area contributed by atoms with Gasteiger partial charge in [-0.2, -0.15) is 0 Å². The van der Waals surface area contributed by atoms with E-state index in [1.165, 1.54) is 6.08 Å². The highest BCUT2D eigenvalue weighted by Gasteiger charge is 2.37. The number of aromatic nitrogens is 1. The number of carbonyl (C=O) groups is 3. The molecule has 1 aromatic heterocycles. The number of nitrogens with zero attached hydrogens (tertiary/aromatic N) is 2. The molecule has 1 aromatic carbocycles. The van der Waals surface area contributed by atoms with E-state index < -0.39 is 17.8 Å². The number of nitrogens with one attached hydrogen (secondary N) is 1. The fourth-order valence-electron chi connectivity index (χ4n) is 2.93. The number of carbonyl (C=O) groups excluding carboxylic acids is 3. The van der Waals surface area contributed by atoms with Crippen molar-refractivity contribution in [2.24, 2.45) is 7.05 Å². The predicted molar refractivity (Wildman–Crippen MR) is 103 cm³/mol. The van der Waals surface area contributed by atoms with Crippen molar-refractivity contribution in [3.63, 3.8) is 0 Å². The molecule has 0 saturated carbocycles. The fourth-order valence-corrected chi connectivity index (χ4v) is 3.41. The summed E-state index contributed by atoms with van der Waals surface area (Å²) in [5.74, 6) is -1.32. The summed E-state index contributed by atoms with van der Waals surface area (Å²) in [5.41, 5.74) is 3.82. The summed E-state index contributed by atoms with van der Waals surface area (Å²) in [6.45, 7) is 5.65. The molecule has 4 amide bonds. The number of aryl methyl sites for hydroxylation is 2. The van der Waals surface area contributed by atoms with Gasteiger partial charge in [-0.3, -0.25) is 14.9 Å². The summed E-state index contributed by atoms with van der Waals surface area (Å²) in [4.78, 5) is 38.5. The van der Waals surface area contributed by atoms with Gasteiger partial charge in [-0.25, -0.2) is 9.69 Å². The quantitative estimate of drug-likeness (QED) is 0.603. The van der Waals surface area contributed by atoms with E-state index in [1.807, 2.05) is 31.5 Å². The molecule has 2 heterocycles. The Kier molecular flexibility index (Phi) is 4.58. The molecule has 0 radical (unpaired) electrons. The number of anilines is 1. The highest BCUT2D eigenvalue weighted by Crippen LogP contribution is 2.28. The first kappa shape index (κ1) is 18.1. The van der Waals surface area contributed by atoms with Crippen LogP contribution in [0.3, 0.4) is 0 Å². The lowest BCUT2D eigenvalue weighted by Crippen LogP contribution is -2.54. The van der Waals surface area contributed by atoms with Gasteiger partial charge in [-0.1, -0.05) is 15.9 Å². The Morgan fingerprint density at radius 2 is 1.77 bits per heavy atom. The number of halogens is 1. The summed E-state index contributed by atoms with van der Waals surface area (Å²) in [7, 11) is 1.91. The van der Waals surface area contributed by atoms with Crippen LogP contribution in [0.4, 0.5) is 10.5 Å². The molecule has 1 fully saturated rings. The smallest absolute Gasteiger partial charge is 0.335 e. The number of hydrogen-bond donors (Lipinski definition) is 1. The Bertz CT molecular complexity index is 988. The first-order valence-corrected chi connectivity index (χ1v) is 8.80. The topological polar surface area (TPSA) is 71.4 Å². The molecular weight excluding hydrogens is 398 g/mol. The molecule has 0 unspecified atom stereocenters. The van der Waals surface area contributed by atoms with Gasteiger partial charge in [0.15, 0.2) is 0 Å². The van der Waals surface area contributed by atoms with Crippen molar-refractivity contribution in [3.8, 4) is 0 Å². The zero-order valence-corrected chi connectivity index (χ0v) is 16.5. The summed E-state index contributed by atoms with van der Waals surface area (Å²) in [5, 5.41) is 2.25. The first-order chi connectivity index (χ1) is 12.2. The minimum atomic E-state index is -0.747. The number of hydrogen-bond acceptors (Lipinski definition) is 3. The minimum absolute atomic E-state index is 0.0689. The lowest BCUT2D eigenvalue weighted by molar-refractivity contribution is -0.122. The Labute approximate surface area is 159 Å². The first-order valence-electron chi connectivity index (χ1n) is 8.01. The molecule has 1 saturated heterocycles. The minimum Gasteiger partial charge on any atom is -0.352 e. The number of rotatable bonds is 2. The van der Waals surface area contributed by atoms with E-state index in [1.54, 1.807) is 25.1 Å². The van der Waals surface area contributed by atoms with E-state index in [-0.39, 0.29) is 5.57 Å². The third-order valence-corrected chi connectivity index (χ3v) is 5.11. The molecule has 1 N–H and O–H groups in total. The maximum Gasteiger partial charge on any atom is 0.335 e. The molecule has 0 spiro atoms. The number of imide groups is 2. The van der Waals surface area contributed by atoms with E-state index in [4.69, 9.17) is 0 Å². The highest BCUT2D eigenvalue weighted by molar-refractivity contribution is 9.10. The van der Waals surface area contributed by atoms with Crippen LogP contribution in [-0.2, 0) is 16.6 Å². The van der Waals surface area contributed by atoms with E-state index in [0.29, 0.717) is 5.69 Å². The molecule has 3 rings (SSSR count). The standard InChI is InChI=1S/C19H18BrN3O3/c1-10-7-14(20)5-6-16(10)23-18(25)15(17(24)21-19(23)26)9-13-8-11(2)22(4)12(13)3/h5-9H,1-4H3,(H,21,24,26). The molecule has 2 aromatic rings. The van der Waals surface area contributed by atoms with Gasteiger partial charge < -0.3 is 4.57 Å². The third kappa shape index (κ3) is 2.99. The number of barbiturate groups is 1. The Hall–Kier alpha value is -2.67. The van der Waals surface area contributed by atoms with Gasteiger partial charge in [0.05, 0.1) is 5.69 Å². The molecule has 6 nitrogen and oxygen atoms in total. The Morgan fingerprint density at radius 1 is 1.08 bits per heavy atom. The molecule has 0 aliphatic carbocycles.